The van der Waals surface area contributed by atoms with Gasteiger partial charge >= 0.3 is 0 Å². The van der Waals surface area contributed by atoms with Crippen LogP contribution in [0.15, 0.2) is 54.7 Å². The van der Waals surface area contributed by atoms with E-state index in [1.807, 2.05) is 36.5 Å². The molecule has 1 aliphatic rings. The summed E-state index contributed by atoms with van der Waals surface area (Å²) in [4.78, 5) is 11.4. The summed E-state index contributed by atoms with van der Waals surface area (Å²) < 4.78 is 26.4. The number of fused-ring (bicyclic) bond motifs is 1. The number of halogens is 2. The van der Waals surface area contributed by atoms with Crippen molar-refractivity contribution in [2.24, 2.45) is 0 Å². The molecule has 3 nitrogen and oxygen atoms in total. The highest BCUT2D eigenvalue weighted by Gasteiger charge is 2.19. The van der Waals surface area contributed by atoms with Gasteiger partial charge in [-0.05, 0) is 17.7 Å². The second-order valence-corrected chi connectivity index (χ2v) is 6.24. The number of hydrogen-bond donors (Lipinski definition) is 0. The molecule has 0 fully saturated rings. The monoisotopic (exact) mass is 337 g/mol. The van der Waals surface area contributed by atoms with Gasteiger partial charge in [0.2, 0.25) is 0 Å². The lowest BCUT2D eigenvalue weighted by molar-refractivity contribution is 0.242. The Bertz CT molecular complexity index is 897. The summed E-state index contributed by atoms with van der Waals surface area (Å²) in [5.41, 5.74) is 3.93. The van der Waals surface area contributed by atoms with Crippen molar-refractivity contribution in [1.29, 1.82) is 0 Å². The zero-order valence-corrected chi connectivity index (χ0v) is 13.6. The molecular formula is C20H17F2N3. The summed E-state index contributed by atoms with van der Waals surface area (Å²) in [6, 6.07) is 14.0. The molecule has 0 aliphatic carbocycles. The van der Waals surface area contributed by atoms with Crippen molar-refractivity contribution in [1.82, 2.24) is 14.9 Å². The smallest absolute Gasteiger partial charge is 0.159 e. The molecule has 2 heterocycles. The topological polar surface area (TPSA) is 29.0 Å². The highest BCUT2D eigenvalue weighted by Crippen LogP contribution is 2.22. The molecule has 0 bridgehead atoms. The molecule has 1 aliphatic heterocycles. The Balaban J connectivity index is 1.51. The summed E-state index contributed by atoms with van der Waals surface area (Å²) >= 11 is 0. The van der Waals surface area contributed by atoms with E-state index in [0.717, 1.165) is 41.2 Å². The van der Waals surface area contributed by atoms with Crippen molar-refractivity contribution in [2.75, 3.05) is 6.54 Å². The van der Waals surface area contributed by atoms with Crippen molar-refractivity contribution in [3.63, 3.8) is 0 Å². The average Bonchev–Trinajstić information content (AvgIpc) is 2.65. The molecule has 0 spiro atoms. The molecule has 3 aromatic rings. The fourth-order valence-electron chi connectivity index (χ4n) is 3.13. The van der Waals surface area contributed by atoms with Crippen molar-refractivity contribution >= 4 is 0 Å². The molecule has 1 aromatic heterocycles. The SMILES string of the molecule is Fc1ccc(CN2CCc3nc(-c4ccccc4)ncc3C2)cc1F. The quantitative estimate of drug-likeness (QED) is 0.724. The maximum absolute atomic E-state index is 13.4. The molecule has 0 N–H and O–H groups in total. The van der Waals surface area contributed by atoms with Crippen molar-refractivity contribution in [2.45, 2.75) is 19.5 Å². The Morgan fingerprint density at radius 1 is 1.00 bits per heavy atom. The van der Waals surface area contributed by atoms with Gasteiger partial charge in [-0.15, -0.1) is 0 Å². The fraction of sp³-hybridized carbons (Fsp3) is 0.200. The Morgan fingerprint density at radius 3 is 2.64 bits per heavy atom. The predicted molar refractivity (Wildman–Crippen MR) is 91.6 cm³/mol. The maximum Gasteiger partial charge on any atom is 0.159 e. The molecule has 0 radical (unpaired) electrons. The maximum atomic E-state index is 13.4. The van der Waals surface area contributed by atoms with E-state index in [1.165, 1.54) is 12.1 Å². The Morgan fingerprint density at radius 2 is 1.84 bits per heavy atom. The van der Waals surface area contributed by atoms with E-state index in [0.29, 0.717) is 13.1 Å². The van der Waals surface area contributed by atoms with Gasteiger partial charge in [-0.3, -0.25) is 4.90 Å². The van der Waals surface area contributed by atoms with E-state index in [-0.39, 0.29) is 0 Å². The van der Waals surface area contributed by atoms with Crippen LogP contribution in [0.25, 0.3) is 11.4 Å². The Kier molecular flexibility index (Phi) is 4.24. The first kappa shape index (κ1) is 15.8. The van der Waals surface area contributed by atoms with Gasteiger partial charge in [0.05, 0.1) is 5.69 Å². The number of benzene rings is 2. The highest BCUT2D eigenvalue weighted by atomic mass is 19.2. The minimum atomic E-state index is -0.811. The zero-order valence-electron chi connectivity index (χ0n) is 13.6. The molecule has 0 saturated heterocycles. The summed E-state index contributed by atoms with van der Waals surface area (Å²) in [6.07, 6.45) is 2.70. The molecule has 4 rings (SSSR count). The third-order valence-corrected chi connectivity index (χ3v) is 4.44. The molecule has 0 saturated carbocycles. The first-order valence-electron chi connectivity index (χ1n) is 8.25. The third kappa shape index (κ3) is 3.42. The lowest BCUT2D eigenvalue weighted by Crippen LogP contribution is -2.31. The van der Waals surface area contributed by atoms with Gasteiger partial charge in [0.1, 0.15) is 0 Å². The fourth-order valence-corrected chi connectivity index (χ4v) is 3.13. The first-order valence-corrected chi connectivity index (χ1v) is 8.25. The summed E-state index contributed by atoms with van der Waals surface area (Å²) in [5.74, 6) is -0.867. The molecule has 0 unspecified atom stereocenters. The van der Waals surface area contributed by atoms with Crippen LogP contribution in [0.5, 0.6) is 0 Å². The van der Waals surface area contributed by atoms with Crippen molar-refractivity contribution in [3.8, 4) is 11.4 Å². The zero-order chi connectivity index (χ0) is 17.2. The molecule has 5 heteroatoms. The molecule has 0 atom stereocenters. The summed E-state index contributed by atoms with van der Waals surface area (Å²) in [6.45, 7) is 2.12. The van der Waals surface area contributed by atoms with Gasteiger partial charge in [0, 0.05) is 43.4 Å². The van der Waals surface area contributed by atoms with Crippen LogP contribution in [0.1, 0.15) is 16.8 Å². The minimum Gasteiger partial charge on any atom is -0.294 e. The second-order valence-electron chi connectivity index (χ2n) is 6.24. The van der Waals surface area contributed by atoms with Crippen LogP contribution in [0.3, 0.4) is 0 Å². The van der Waals surface area contributed by atoms with E-state index in [2.05, 4.69) is 9.88 Å². The van der Waals surface area contributed by atoms with Crippen molar-refractivity contribution in [3.05, 3.63) is 83.2 Å². The number of aromatic nitrogens is 2. The summed E-state index contributed by atoms with van der Waals surface area (Å²) in [5, 5.41) is 0. The minimum absolute atomic E-state index is 0.580. The van der Waals surface area contributed by atoms with Gasteiger partial charge in [0.15, 0.2) is 17.5 Å². The largest absolute Gasteiger partial charge is 0.294 e. The van der Waals surface area contributed by atoms with Crippen LogP contribution in [0, 0.1) is 11.6 Å². The highest BCUT2D eigenvalue weighted by molar-refractivity contribution is 5.54. The molecular weight excluding hydrogens is 320 g/mol. The van der Waals surface area contributed by atoms with Crippen LogP contribution < -0.4 is 0 Å². The molecule has 2 aromatic carbocycles. The standard InChI is InChI=1S/C20H17F2N3/c21-17-7-6-14(10-18(17)22)12-25-9-8-19-16(13-25)11-23-20(24-19)15-4-2-1-3-5-15/h1-7,10-11H,8-9,12-13H2. The van der Waals surface area contributed by atoms with Gasteiger partial charge in [-0.2, -0.15) is 0 Å². The van der Waals surface area contributed by atoms with E-state index in [4.69, 9.17) is 4.98 Å². The third-order valence-electron chi connectivity index (χ3n) is 4.44. The number of hydrogen-bond acceptors (Lipinski definition) is 3. The van der Waals surface area contributed by atoms with Crippen LogP contribution in [-0.2, 0) is 19.5 Å². The molecule has 0 amide bonds. The van der Waals surface area contributed by atoms with Gasteiger partial charge < -0.3 is 0 Å². The average molecular weight is 337 g/mol. The normalized spacial score (nSPS) is 14.3. The van der Waals surface area contributed by atoms with Gasteiger partial charge in [0.25, 0.3) is 0 Å². The summed E-state index contributed by atoms with van der Waals surface area (Å²) in [7, 11) is 0. The van der Waals surface area contributed by atoms with Gasteiger partial charge in [-0.1, -0.05) is 36.4 Å². The van der Waals surface area contributed by atoms with E-state index in [9.17, 15) is 8.78 Å². The van der Waals surface area contributed by atoms with E-state index in [1.54, 1.807) is 6.07 Å². The van der Waals surface area contributed by atoms with Crippen LogP contribution in [-0.4, -0.2) is 21.4 Å². The number of nitrogens with zero attached hydrogens (tertiary/aromatic N) is 3. The van der Waals surface area contributed by atoms with Crippen LogP contribution >= 0.6 is 0 Å². The number of rotatable bonds is 3. The lowest BCUT2D eigenvalue weighted by Gasteiger charge is -2.28. The van der Waals surface area contributed by atoms with Crippen molar-refractivity contribution < 1.29 is 8.78 Å². The molecule has 126 valence electrons. The Hall–Kier alpha value is -2.66. The van der Waals surface area contributed by atoms with Gasteiger partial charge in [-0.25, -0.2) is 18.7 Å². The van der Waals surface area contributed by atoms with Crippen LogP contribution in [0.2, 0.25) is 0 Å². The Labute approximate surface area is 145 Å². The second kappa shape index (κ2) is 6.69. The van der Waals surface area contributed by atoms with E-state index < -0.39 is 11.6 Å². The van der Waals surface area contributed by atoms with E-state index >= 15 is 0 Å². The molecule has 25 heavy (non-hydrogen) atoms. The predicted octanol–water partition coefficient (Wildman–Crippen LogP) is 3.98. The first-order chi connectivity index (χ1) is 12.2. The van der Waals surface area contributed by atoms with Crippen LogP contribution in [0.4, 0.5) is 8.78 Å². The lowest BCUT2D eigenvalue weighted by atomic mass is 10.1.